The van der Waals surface area contributed by atoms with Crippen LogP contribution in [0.1, 0.15) is 38.2 Å². The fourth-order valence-corrected chi connectivity index (χ4v) is 2.61. The summed E-state index contributed by atoms with van der Waals surface area (Å²) >= 11 is 0. The molecule has 17 heavy (non-hydrogen) atoms. The fourth-order valence-electron chi connectivity index (χ4n) is 2.61. The Morgan fingerprint density at radius 3 is 2.53 bits per heavy atom. The van der Waals surface area contributed by atoms with Crippen molar-refractivity contribution in [3.63, 3.8) is 0 Å². The molecule has 0 aliphatic heterocycles. The normalized spacial score (nSPS) is 24.6. The van der Waals surface area contributed by atoms with Gasteiger partial charge in [-0.25, -0.2) is 0 Å². The standard InChI is InChI=1S/C15H23NO/c1-12-5-3-4-6-15(12)16-11-13-7-9-14(17-2)10-8-13/h7-10,12,15-16H,3-6,11H2,1-2H3/t12-,15-/m1/s1. The summed E-state index contributed by atoms with van der Waals surface area (Å²) in [5.41, 5.74) is 1.34. The first kappa shape index (κ1) is 12.4. The lowest BCUT2D eigenvalue weighted by atomic mass is 9.86. The van der Waals surface area contributed by atoms with Crippen LogP contribution in [0.15, 0.2) is 24.3 Å². The smallest absolute Gasteiger partial charge is 0.118 e. The Kier molecular flexibility index (Phi) is 4.43. The Bertz CT molecular complexity index is 333. The number of nitrogens with one attached hydrogen (secondary N) is 1. The summed E-state index contributed by atoms with van der Waals surface area (Å²) in [5.74, 6) is 1.75. The van der Waals surface area contributed by atoms with Gasteiger partial charge in [-0.1, -0.05) is 31.9 Å². The van der Waals surface area contributed by atoms with Crippen molar-refractivity contribution in [3.8, 4) is 5.75 Å². The summed E-state index contributed by atoms with van der Waals surface area (Å²) in [5, 5.41) is 3.68. The van der Waals surface area contributed by atoms with Gasteiger partial charge in [0.15, 0.2) is 0 Å². The maximum absolute atomic E-state index is 5.16. The van der Waals surface area contributed by atoms with E-state index in [1.165, 1.54) is 31.2 Å². The van der Waals surface area contributed by atoms with Crippen LogP contribution < -0.4 is 10.1 Å². The number of methoxy groups -OCH3 is 1. The highest BCUT2D eigenvalue weighted by Gasteiger charge is 2.20. The Morgan fingerprint density at radius 2 is 1.88 bits per heavy atom. The van der Waals surface area contributed by atoms with Gasteiger partial charge < -0.3 is 10.1 Å². The van der Waals surface area contributed by atoms with Crippen molar-refractivity contribution < 1.29 is 4.74 Å². The zero-order chi connectivity index (χ0) is 12.1. The van der Waals surface area contributed by atoms with Gasteiger partial charge in [0, 0.05) is 12.6 Å². The first-order valence-corrected chi connectivity index (χ1v) is 6.66. The van der Waals surface area contributed by atoms with Crippen molar-refractivity contribution in [2.45, 2.75) is 45.2 Å². The SMILES string of the molecule is COc1ccc(CN[C@@H]2CCCC[C@H]2C)cc1. The second kappa shape index (κ2) is 6.06. The van der Waals surface area contributed by atoms with Gasteiger partial charge in [-0.2, -0.15) is 0 Å². The first-order chi connectivity index (χ1) is 8.29. The predicted octanol–water partition coefficient (Wildman–Crippen LogP) is 3.36. The molecule has 94 valence electrons. The zero-order valence-corrected chi connectivity index (χ0v) is 10.9. The molecule has 0 bridgehead atoms. The van der Waals surface area contributed by atoms with Gasteiger partial charge in [0.2, 0.25) is 0 Å². The van der Waals surface area contributed by atoms with Crippen LogP contribution in [0.3, 0.4) is 0 Å². The van der Waals surface area contributed by atoms with Crippen LogP contribution in [-0.4, -0.2) is 13.2 Å². The van der Waals surface area contributed by atoms with E-state index in [4.69, 9.17) is 4.74 Å². The highest BCUT2D eigenvalue weighted by atomic mass is 16.5. The zero-order valence-electron chi connectivity index (χ0n) is 10.9. The summed E-state index contributed by atoms with van der Waals surface area (Å²) in [7, 11) is 1.71. The molecular weight excluding hydrogens is 210 g/mol. The average Bonchev–Trinajstić information content (AvgIpc) is 2.38. The van der Waals surface area contributed by atoms with E-state index in [0.717, 1.165) is 18.2 Å². The van der Waals surface area contributed by atoms with Crippen LogP contribution in [0.4, 0.5) is 0 Å². The third kappa shape index (κ3) is 3.47. The van der Waals surface area contributed by atoms with Crippen LogP contribution in [0.2, 0.25) is 0 Å². The number of rotatable bonds is 4. The van der Waals surface area contributed by atoms with Crippen LogP contribution in [-0.2, 0) is 6.54 Å². The molecule has 0 spiro atoms. The second-order valence-corrected chi connectivity index (χ2v) is 5.10. The van der Waals surface area contributed by atoms with E-state index in [9.17, 15) is 0 Å². The number of ether oxygens (including phenoxy) is 1. The third-order valence-electron chi connectivity index (χ3n) is 3.84. The minimum absolute atomic E-state index is 0.700. The van der Waals surface area contributed by atoms with E-state index < -0.39 is 0 Å². The molecule has 0 amide bonds. The lowest BCUT2D eigenvalue weighted by Crippen LogP contribution is -2.36. The van der Waals surface area contributed by atoms with E-state index in [0.29, 0.717) is 6.04 Å². The molecule has 2 heteroatoms. The van der Waals surface area contributed by atoms with Crippen molar-refractivity contribution in [3.05, 3.63) is 29.8 Å². The van der Waals surface area contributed by atoms with Gasteiger partial charge in [-0.3, -0.25) is 0 Å². The van der Waals surface area contributed by atoms with Crippen molar-refractivity contribution in [2.24, 2.45) is 5.92 Å². The molecule has 1 aromatic rings. The number of hydrogen-bond donors (Lipinski definition) is 1. The molecule has 1 N–H and O–H groups in total. The lowest BCUT2D eigenvalue weighted by Gasteiger charge is -2.29. The Hall–Kier alpha value is -1.02. The molecular formula is C15H23NO. The van der Waals surface area contributed by atoms with Crippen molar-refractivity contribution >= 4 is 0 Å². The molecule has 0 unspecified atom stereocenters. The maximum Gasteiger partial charge on any atom is 0.118 e. The van der Waals surface area contributed by atoms with Crippen LogP contribution in [0.25, 0.3) is 0 Å². The largest absolute Gasteiger partial charge is 0.497 e. The highest BCUT2D eigenvalue weighted by molar-refractivity contribution is 5.27. The van der Waals surface area contributed by atoms with Gasteiger partial charge in [0.05, 0.1) is 7.11 Å². The van der Waals surface area contributed by atoms with E-state index >= 15 is 0 Å². The molecule has 0 aromatic heterocycles. The molecule has 0 radical (unpaired) electrons. The minimum atomic E-state index is 0.700. The second-order valence-electron chi connectivity index (χ2n) is 5.10. The summed E-state index contributed by atoms with van der Waals surface area (Å²) in [6, 6.07) is 9.03. The molecule has 1 saturated carbocycles. The monoisotopic (exact) mass is 233 g/mol. The molecule has 1 aliphatic rings. The Morgan fingerprint density at radius 1 is 1.18 bits per heavy atom. The van der Waals surface area contributed by atoms with Crippen LogP contribution in [0, 0.1) is 5.92 Å². The van der Waals surface area contributed by atoms with Gasteiger partial charge >= 0.3 is 0 Å². The summed E-state index contributed by atoms with van der Waals surface area (Å²) < 4.78 is 5.16. The maximum atomic E-state index is 5.16. The molecule has 1 fully saturated rings. The Labute approximate surface area is 104 Å². The van der Waals surface area contributed by atoms with Gasteiger partial charge in [0.25, 0.3) is 0 Å². The third-order valence-corrected chi connectivity index (χ3v) is 3.84. The number of benzene rings is 1. The van der Waals surface area contributed by atoms with Crippen LogP contribution >= 0.6 is 0 Å². The molecule has 1 aromatic carbocycles. The molecule has 2 rings (SSSR count). The summed E-state index contributed by atoms with van der Waals surface area (Å²) in [6.07, 6.45) is 5.49. The minimum Gasteiger partial charge on any atom is -0.497 e. The molecule has 0 saturated heterocycles. The van der Waals surface area contributed by atoms with E-state index in [-0.39, 0.29) is 0 Å². The predicted molar refractivity (Wildman–Crippen MR) is 71.3 cm³/mol. The Balaban J connectivity index is 1.84. The van der Waals surface area contributed by atoms with E-state index in [1.807, 2.05) is 12.1 Å². The molecule has 2 atom stereocenters. The average molecular weight is 233 g/mol. The number of hydrogen-bond acceptors (Lipinski definition) is 2. The van der Waals surface area contributed by atoms with E-state index in [2.05, 4.69) is 24.4 Å². The van der Waals surface area contributed by atoms with Crippen LogP contribution in [0.5, 0.6) is 5.75 Å². The fraction of sp³-hybridized carbons (Fsp3) is 0.600. The van der Waals surface area contributed by atoms with Crippen molar-refractivity contribution in [1.29, 1.82) is 0 Å². The topological polar surface area (TPSA) is 21.3 Å². The lowest BCUT2D eigenvalue weighted by molar-refractivity contribution is 0.279. The summed E-state index contributed by atoms with van der Waals surface area (Å²) in [4.78, 5) is 0. The van der Waals surface area contributed by atoms with Gasteiger partial charge in [-0.15, -0.1) is 0 Å². The summed E-state index contributed by atoms with van der Waals surface area (Å²) in [6.45, 7) is 3.34. The molecule has 0 heterocycles. The quantitative estimate of drug-likeness (QED) is 0.861. The van der Waals surface area contributed by atoms with Gasteiger partial charge in [0.1, 0.15) is 5.75 Å². The first-order valence-electron chi connectivity index (χ1n) is 6.66. The molecule has 1 aliphatic carbocycles. The van der Waals surface area contributed by atoms with Gasteiger partial charge in [-0.05, 0) is 36.5 Å². The van der Waals surface area contributed by atoms with E-state index in [1.54, 1.807) is 7.11 Å². The van der Waals surface area contributed by atoms with Crippen molar-refractivity contribution in [2.75, 3.05) is 7.11 Å². The highest BCUT2D eigenvalue weighted by Crippen LogP contribution is 2.24. The molecule has 2 nitrogen and oxygen atoms in total. The van der Waals surface area contributed by atoms with Crippen molar-refractivity contribution in [1.82, 2.24) is 5.32 Å².